The Morgan fingerprint density at radius 3 is 2.31 bits per heavy atom. The van der Waals surface area contributed by atoms with Crippen molar-refractivity contribution in [2.75, 3.05) is 24.5 Å². The van der Waals surface area contributed by atoms with Crippen molar-refractivity contribution >= 4 is 23.4 Å². The third kappa shape index (κ3) is 4.54. The van der Waals surface area contributed by atoms with Gasteiger partial charge in [-0.3, -0.25) is 14.4 Å². The Hall–Kier alpha value is -3.15. The van der Waals surface area contributed by atoms with Gasteiger partial charge >= 0.3 is 0 Å². The summed E-state index contributed by atoms with van der Waals surface area (Å²) in [7, 11) is 0. The minimum absolute atomic E-state index is 0.0107. The Kier molecular flexibility index (Phi) is 6.58. The second kappa shape index (κ2) is 9.55. The smallest absolute Gasteiger partial charge is 0.251 e. The van der Waals surface area contributed by atoms with Crippen LogP contribution >= 0.6 is 0 Å². The van der Waals surface area contributed by atoms with E-state index in [0.29, 0.717) is 12.0 Å². The lowest BCUT2D eigenvalue weighted by Gasteiger charge is -2.29. The Morgan fingerprint density at radius 1 is 0.938 bits per heavy atom. The number of nitrogens with one attached hydrogen (secondary N) is 1. The first kappa shape index (κ1) is 22.1. The maximum Gasteiger partial charge on any atom is 0.251 e. The van der Waals surface area contributed by atoms with Crippen molar-refractivity contribution in [1.29, 1.82) is 0 Å². The highest BCUT2D eigenvalue weighted by atomic mass is 16.2. The van der Waals surface area contributed by atoms with E-state index in [0.717, 1.165) is 62.1 Å². The fraction of sp³-hybridized carbons (Fsp3) is 0.423. The largest absolute Gasteiger partial charge is 0.341 e. The second-order valence-corrected chi connectivity index (χ2v) is 8.65. The van der Waals surface area contributed by atoms with Crippen molar-refractivity contribution < 1.29 is 14.4 Å². The molecule has 2 aromatic carbocycles. The van der Waals surface area contributed by atoms with Crippen LogP contribution in [0, 0.1) is 0 Å². The molecule has 1 N–H and O–H groups in total. The number of nitrogens with zero attached hydrogens (tertiary/aromatic N) is 2. The number of carbonyl (C=O) groups is 3. The highest BCUT2D eigenvalue weighted by molar-refractivity contribution is 5.98. The van der Waals surface area contributed by atoms with E-state index in [1.165, 1.54) is 5.56 Å². The molecule has 0 unspecified atom stereocenters. The van der Waals surface area contributed by atoms with Crippen LogP contribution in [-0.2, 0) is 16.0 Å². The zero-order chi connectivity index (χ0) is 22.7. The van der Waals surface area contributed by atoms with E-state index in [1.54, 1.807) is 19.1 Å². The summed E-state index contributed by atoms with van der Waals surface area (Å²) in [5.41, 5.74) is 4.80. The minimum atomic E-state index is -0.536. The summed E-state index contributed by atoms with van der Waals surface area (Å²) in [5, 5.41) is 2.84. The number of fused-ring (bicyclic) bond motifs is 1. The molecule has 1 saturated heterocycles. The van der Waals surface area contributed by atoms with Gasteiger partial charge in [-0.15, -0.1) is 0 Å². The normalized spacial score (nSPS) is 16.4. The lowest BCUT2D eigenvalue weighted by Crippen LogP contribution is -2.48. The van der Waals surface area contributed by atoms with Crippen molar-refractivity contribution in [1.82, 2.24) is 10.2 Å². The Morgan fingerprint density at radius 2 is 1.62 bits per heavy atom. The van der Waals surface area contributed by atoms with E-state index < -0.39 is 6.04 Å². The summed E-state index contributed by atoms with van der Waals surface area (Å²) in [5.74, 6) is -0.0969. The van der Waals surface area contributed by atoms with Crippen LogP contribution in [0.1, 0.15) is 55.5 Å². The van der Waals surface area contributed by atoms with Crippen LogP contribution in [0.5, 0.6) is 0 Å². The molecule has 0 radical (unpaired) electrons. The number of hydrogen-bond acceptors (Lipinski definition) is 3. The van der Waals surface area contributed by atoms with Gasteiger partial charge in [0.15, 0.2) is 0 Å². The van der Waals surface area contributed by atoms with Crippen molar-refractivity contribution in [3.8, 4) is 11.1 Å². The molecule has 168 valence electrons. The van der Waals surface area contributed by atoms with E-state index in [4.69, 9.17) is 0 Å². The molecule has 1 atom stereocenters. The molecule has 3 amide bonds. The number of piperidine rings is 1. The van der Waals surface area contributed by atoms with E-state index >= 15 is 0 Å². The van der Waals surface area contributed by atoms with E-state index in [2.05, 4.69) is 11.4 Å². The van der Waals surface area contributed by atoms with Gasteiger partial charge in [0, 0.05) is 37.3 Å². The molecular weight excluding hydrogens is 402 g/mol. The third-order valence-corrected chi connectivity index (χ3v) is 6.44. The zero-order valence-electron chi connectivity index (χ0n) is 18.9. The molecule has 2 heterocycles. The molecule has 0 aliphatic carbocycles. The molecule has 6 heteroatoms. The SMILES string of the molecule is CCC(=O)N1CCc2cc(-c3ccc(C(=O)N[C@@H](C)C(=O)N4CCCCC4)cc3)ccc21. The van der Waals surface area contributed by atoms with Crippen molar-refractivity contribution in [3.63, 3.8) is 0 Å². The van der Waals surface area contributed by atoms with Crippen molar-refractivity contribution in [2.45, 2.75) is 52.0 Å². The van der Waals surface area contributed by atoms with Crippen molar-refractivity contribution in [3.05, 3.63) is 53.6 Å². The second-order valence-electron chi connectivity index (χ2n) is 8.65. The molecule has 1 fully saturated rings. The third-order valence-electron chi connectivity index (χ3n) is 6.44. The lowest BCUT2D eigenvalue weighted by atomic mass is 10.0. The van der Waals surface area contributed by atoms with E-state index in [9.17, 15) is 14.4 Å². The molecule has 0 spiro atoms. The zero-order valence-corrected chi connectivity index (χ0v) is 18.9. The molecule has 0 saturated carbocycles. The standard InChI is InChI=1S/C26H31N3O3/c1-3-24(30)29-16-13-22-17-21(11-12-23(22)29)19-7-9-20(10-8-19)25(31)27-18(2)26(32)28-14-5-4-6-15-28/h7-12,17-18H,3-6,13-16H2,1-2H3,(H,27,31)/t18-/m0/s1. The topological polar surface area (TPSA) is 69.7 Å². The molecule has 32 heavy (non-hydrogen) atoms. The first-order valence-electron chi connectivity index (χ1n) is 11.6. The monoisotopic (exact) mass is 433 g/mol. The van der Waals surface area contributed by atoms with Gasteiger partial charge in [0.2, 0.25) is 11.8 Å². The van der Waals surface area contributed by atoms with Gasteiger partial charge in [-0.1, -0.05) is 25.1 Å². The van der Waals surface area contributed by atoms with Crippen LogP contribution in [0.15, 0.2) is 42.5 Å². The van der Waals surface area contributed by atoms with Crippen molar-refractivity contribution in [2.24, 2.45) is 0 Å². The Labute approximate surface area is 189 Å². The minimum Gasteiger partial charge on any atom is -0.341 e. The predicted molar refractivity (Wildman–Crippen MR) is 126 cm³/mol. The number of anilines is 1. The van der Waals surface area contributed by atoms with Gasteiger partial charge in [0.05, 0.1) is 0 Å². The van der Waals surface area contributed by atoms with Crippen LogP contribution in [0.2, 0.25) is 0 Å². The van der Waals surface area contributed by atoms with Gasteiger partial charge in [0.1, 0.15) is 6.04 Å². The molecule has 2 aromatic rings. The average Bonchev–Trinajstić information content (AvgIpc) is 3.27. The number of likely N-dealkylation sites (tertiary alicyclic amines) is 1. The summed E-state index contributed by atoms with van der Waals surface area (Å²) in [6.07, 6.45) is 4.59. The molecule has 0 aromatic heterocycles. The summed E-state index contributed by atoms with van der Waals surface area (Å²) < 4.78 is 0. The molecule has 0 bridgehead atoms. The van der Waals surface area contributed by atoms with Gasteiger partial charge in [-0.05, 0) is 73.6 Å². The number of hydrogen-bond donors (Lipinski definition) is 1. The fourth-order valence-electron chi connectivity index (χ4n) is 4.58. The molecular formula is C26H31N3O3. The fourth-order valence-corrected chi connectivity index (χ4v) is 4.58. The maximum atomic E-state index is 12.7. The summed E-state index contributed by atoms with van der Waals surface area (Å²) >= 11 is 0. The van der Waals surface area contributed by atoms with E-state index in [-0.39, 0.29) is 17.7 Å². The van der Waals surface area contributed by atoms with Gasteiger partial charge in [-0.2, -0.15) is 0 Å². The number of rotatable bonds is 5. The highest BCUT2D eigenvalue weighted by Gasteiger charge is 2.25. The highest BCUT2D eigenvalue weighted by Crippen LogP contribution is 2.32. The van der Waals surface area contributed by atoms with Crippen LogP contribution in [-0.4, -0.2) is 48.3 Å². The van der Waals surface area contributed by atoms with Gasteiger partial charge < -0.3 is 15.1 Å². The van der Waals surface area contributed by atoms with Crippen LogP contribution in [0.3, 0.4) is 0 Å². The first-order chi connectivity index (χ1) is 15.5. The average molecular weight is 434 g/mol. The van der Waals surface area contributed by atoms with Crippen LogP contribution in [0.25, 0.3) is 11.1 Å². The molecule has 2 aliphatic heterocycles. The van der Waals surface area contributed by atoms with Gasteiger partial charge in [-0.25, -0.2) is 0 Å². The lowest BCUT2D eigenvalue weighted by molar-refractivity contribution is -0.133. The molecule has 6 nitrogen and oxygen atoms in total. The molecule has 2 aliphatic rings. The number of benzene rings is 2. The molecule has 4 rings (SSSR count). The summed E-state index contributed by atoms with van der Waals surface area (Å²) in [4.78, 5) is 41.0. The quantitative estimate of drug-likeness (QED) is 0.780. The Balaban J connectivity index is 1.41. The number of amides is 3. The summed E-state index contributed by atoms with van der Waals surface area (Å²) in [6, 6.07) is 13.1. The Bertz CT molecular complexity index is 1010. The first-order valence-corrected chi connectivity index (χ1v) is 11.6. The van der Waals surface area contributed by atoms with Crippen LogP contribution < -0.4 is 10.2 Å². The van der Waals surface area contributed by atoms with Gasteiger partial charge in [0.25, 0.3) is 5.91 Å². The summed E-state index contributed by atoms with van der Waals surface area (Å²) in [6.45, 7) is 5.92. The van der Waals surface area contributed by atoms with E-state index in [1.807, 2.05) is 41.0 Å². The van der Waals surface area contributed by atoms with Crippen LogP contribution in [0.4, 0.5) is 5.69 Å². The maximum absolute atomic E-state index is 12.7. The number of carbonyl (C=O) groups excluding carboxylic acids is 3. The predicted octanol–water partition coefficient (Wildman–Crippen LogP) is 3.78.